The number of para-hydroxylation sites is 1. The molecular weight excluding hydrogens is 254 g/mol. The van der Waals surface area contributed by atoms with Crippen LogP contribution in [0.25, 0.3) is 11.4 Å². The van der Waals surface area contributed by atoms with Crippen LogP contribution in [0.3, 0.4) is 0 Å². The molecule has 0 aliphatic heterocycles. The molecule has 1 amide bonds. The quantitative estimate of drug-likeness (QED) is 0.617. The molecule has 1 aromatic heterocycles. The molecule has 0 bridgehead atoms. The minimum Gasteiger partial charge on any atom is -0.324 e. The zero-order valence-corrected chi connectivity index (χ0v) is 11.1. The Morgan fingerprint density at radius 3 is 2.95 bits per heavy atom. The van der Waals surface area contributed by atoms with Crippen molar-refractivity contribution in [1.29, 1.82) is 0 Å². The van der Waals surface area contributed by atoms with E-state index in [2.05, 4.69) is 26.8 Å². The first-order valence-electron chi connectivity index (χ1n) is 6.10. The number of anilines is 1. The highest BCUT2D eigenvalue weighted by Gasteiger charge is 2.11. The third-order valence-electron chi connectivity index (χ3n) is 2.67. The maximum absolute atomic E-state index is 11.8. The molecule has 6 heteroatoms. The fraction of sp³-hybridized carbons (Fsp3) is 0.214. The number of carbonyl (C=O) groups is 1. The summed E-state index contributed by atoms with van der Waals surface area (Å²) < 4.78 is 1.79. The molecule has 20 heavy (non-hydrogen) atoms. The smallest absolute Gasteiger partial charge is 0.238 e. The standard InChI is InChI=1S/C14H15N5O/c1-3-8-15-9-13(20)17-12-7-5-4-6-11(12)14-18-16-10-19(14)2/h1,4-7,10,15H,8-9H2,2H3,(H,17,20). The molecular formula is C14H15N5O. The molecule has 6 nitrogen and oxygen atoms in total. The van der Waals surface area contributed by atoms with Crippen molar-refractivity contribution in [3.63, 3.8) is 0 Å². The summed E-state index contributed by atoms with van der Waals surface area (Å²) in [6.07, 6.45) is 6.72. The number of nitrogens with one attached hydrogen (secondary N) is 2. The SMILES string of the molecule is C#CCNCC(=O)Nc1ccccc1-c1nncn1C. The zero-order chi connectivity index (χ0) is 14.4. The fourth-order valence-electron chi connectivity index (χ4n) is 1.76. The van der Waals surface area contributed by atoms with Gasteiger partial charge in [0.05, 0.1) is 18.8 Å². The van der Waals surface area contributed by atoms with Gasteiger partial charge in [-0.3, -0.25) is 10.1 Å². The third-order valence-corrected chi connectivity index (χ3v) is 2.67. The van der Waals surface area contributed by atoms with Crippen LogP contribution in [0.5, 0.6) is 0 Å². The van der Waals surface area contributed by atoms with Crippen molar-refractivity contribution >= 4 is 11.6 Å². The molecule has 1 heterocycles. The van der Waals surface area contributed by atoms with E-state index in [0.29, 0.717) is 18.1 Å². The van der Waals surface area contributed by atoms with Crippen LogP contribution in [0.1, 0.15) is 0 Å². The summed E-state index contributed by atoms with van der Waals surface area (Å²) in [7, 11) is 1.85. The molecule has 2 rings (SSSR count). The van der Waals surface area contributed by atoms with Crippen LogP contribution in [0.15, 0.2) is 30.6 Å². The van der Waals surface area contributed by atoms with E-state index >= 15 is 0 Å². The van der Waals surface area contributed by atoms with Crippen LogP contribution in [0, 0.1) is 12.3 Å². The normalized spacial score (nSPS) is 10.0. The van der Waals surface area contributed by atoms with Gasteiger partial charge in [0.2, 0.25) is 5.91 Å². The number of hydrogen-bond donors (Lipinski definition) is 2. The van der Waals surface area contributed by atoms with E-state index in [9.17, 15) is 4.79 Å². The van der Waals surface area contributed by atoms with Crippen LogP contribution < -0.4 is 10.6 Å². The van der Waals surface area contributed by atoms with Gasteiger partial charge in [0.1, 0.15) is 6.33 Å². The number of amides is 1. The summed E-state index contributed by atoms with van der Waals surface area (Å²) in [5, 5.41) is 13.6. The maximum Gasteiger partial charge on any atom is 0.238 e. The Morgan fingerprint density at radius 2 is 2.25 bits per heavy atom. The van der Waals surface area contributed by atoms with Gasteiger partial charge in [-0.1, -0.05) is 18.1 Å². The Balaban J connectivity index is 2.15. The lowest BCUT2D eigenvalue weighted by Gasteiger charge is -2.10. The molecule has 2 aromatic rings. The summed E-state index contributed by atoms with van der Waals surface area (Å²) in [5.41, 5.74) is 1.51. The van der Waals surface area contributed by atoms with Crippen LogP contribution in [-0.2, 0) is 11.8 Å². The molecule has 1 aromatic carbocycles. The number of nitrogens with zero attached hydrogens (tertiary/aromatic N) is 3. The second-order valence-electron chi connectivity index (χ2n) is 4.17. The molecule has 0 spiro atoms. The highest BCUT2D eigenvalue weighted by atomic mass is 16.1. The summed E-state index contributed by atoms with van der Waals surface area (Å²) in [5.74, 6) is 2.95. The molecule has 0 atom stereocenters. The van der Waals surface area contributed by atoms with Gasteiger partial charge in [-0.25, -0.2) is 0 Å². The summed E-state index contributed by atoms with van der Waals surface area (Å²) >= 11 is 0. The Morgan fingerprint density at radius 1 is 1.45 bits per heavy atom. The van der Waals surface area contributed by atoms with E-state index < -0.39 is 0 Å². The number of aryl methyl sites for hydroxylation is 1. The van der Waals surface area contributed by atoms with Crippen molar-refractivity contribution in [2.24, 2.45) is 7.05 Å². The molecule has 102 valence electrons. The molecule has 0 saturated heterocycles. The Bertz CT molecular complexity index is 641. The van der Waals surface area contributed by atoms with Gasteiger partial charge in [-0.2, -0.15) is 0 Å². The number of carbonyl (C=O) groups excluding carboxylic acids is 1. The second-order valence-corrected chi connectivity index (χ2v) is 4.17. The van der Waals surface area contributed by atoms with Gasteiger partial charge in [-0.05, 0) is 12.1 Å². The van der Waals surface area contributed by atoms with E-state index in [-0.39, 0.29) is 12.5 Å². The lowest BCUT2D eigenvalue weighted by molar-refractivity contribution is -0.115. The van der Waals surface area contributed by atoms with Gasteiger partial charge in [0.25, 0.3) is 0 Å². The van der Waals surface area contributed by atoms with Gasteiger partial charge < -0.3 is 9.88 Å². The van der Waals surface area contributed by atoms with Gasteiger partial charge in [-0.15, -0.1) is 16.6 Å². The second kappa shape index (κ2) is 6.50. The first kappa shape index (κ1) is 13.8. The van der Waals surface area contributed by atoms with Crippen molar-refractivity contribution in [2.75, 3.05) is 18.4 Å². The first-order chi connectivity index (χ1) is 9.72. The van der Waals surface area contributed by atoms with E-state index in [1.165, 1.54) is 0 Å². The van der Waals surface area contributed by atoms with Gasteiger partial charge >= 0.3 is 0 Å². The molecule has 0 aliphatic rings. The highest BCUT2D eigenvalue weighted by Crippen LogP contribution is 2.25. The molecule has 0 radical (unpaired) electrons. The van der Waals surface area contributed by atoms with Crippen LogP contribution >= 0.6 is 0 Å². The van der Waals surface area contributed by atoms with Crippen LogP contribution in [0.2, 0.25) is 0 Å². The van der Waals surface area contributed by atoms with Gasteiger partial charge in [0.15, 0.2) is 5.82 Å². The van der Waals surface area contributed by atoms with Crippen molar-refractivity contribution in [3.8, 4) is 23.7 Å². The average Bonchev–Trinajstić information content (AvgIpc) is 2.86. The van der Waals surface area contributed by atoms with Crippen molar-refractivity contribution < 1.29 is 4.79 Å². The number of hydrogen-bond acceptors (Lipinski definition) is 4. The lowest BCUT2D eigenvalue weighted by atomic mass is 10.1. The fourth-order valence-corrected chi connectivity index (χ4v) is 1.76. The minimum absolute atomic E-state index is 0.158. The third kappa shape index (κ3) is 3.22. The van der Waals surface area contributed by atoms with E-state index in [1.807, 2.05) is 31.3 Å². The van der Waals surface area contributed by atoms with Crippen molar-refractivity contribution in [1.82, 2.24) is 20.1 Å². The lowest BCUT2D eigenvalue weighted by Crippen LogP contribution is -2.28. The average molecular weight is 269 g/mol. The molecule has 2 N–H and O–H groups in total. The highest BCUT2D eigenvalue weighted by molar-refractivity contribution is 5.95. The van der Waals surface area contributed by atoms with E-state index in [1.54, 1.807) is 10.9 Å². The predicted molar refractivity (Wildman–Crippen MR) is 76.8 cm³/mol. The number of benzene rings is 1. The van der Waals surface area contributed by atoms with Crippen LogP contribution in [-0.4, -0.2) is 33.8 Å². The Hall–Kier alpha value is -2.65. The van der Waals surface area contributed by atoms with E-state index in [4.69, 9.17) is 6.42 Å². The summed E-state index contributed by atoms with van der Waals surface area (Å²) in [6, 6.07) is 7.44. The topological polar surface area (TPSA) is 71.8 Å². The van der Waals surface area contributed by atoms with Crippen molar-refractivity contribution in [2.45, 2.75) is 0 Å². The summed E-state index contributed by atoms with van der Waals surface area (Å²) in [6.45, 7) is 0.524. The molecule has 0 aliphatic carbocycles. The monoisotopic (exact) mass is 269 g/mol. The summed E-state index contributed by atoms with van der Waals surface area (Å²) in [4.78, 5) is 11.8. The largest absolute Gasteiger partial charge is 0.324 e. The van der Waals surface area contributed by atoms with Crippen LogP contribution in [0.4, 0.5) is 5.69 Å². The maximum atomic E-state index is 11.8. The van der Waals surface area contributed by atoms with E-state index in [0.717, 1.165) is 5.56 Å². The molecule has 0 fully saturated rings. The number of terminal acetylenes is 1. The minimum atomic E-state index is -0.158. The Labute approximate surface area is 117 Å². The van der Waals surface area contributed by atoms with Gasteiger partial charge in [0, 0.05) is 12.6 Å². The zero-order valence-electron chi connectivity index (χ0n) is 11.1. The molecule has 0 saturated carbocycles. The first-order valence-corrected chi connectivity index (χ1v) is 6.10. The number of aromatic nitrogens is 3. The molecule has 0 unspecified atom stereocenters. The number of rotatable bonds is 5. The predicted octanol–water partition coefficient (Wildman–Crippen LogP) is 0.643. The van der Waals surface area contributed by atoms with Crippen molar-refractivity contribution in [3.05, 3.63) is 30.6 Å². The Kier molecular flexibility index (Phi) is 4.47.